The molecule has 10 nitrogen and oxygen atoms in total. The highest BCUT2D eigenvalue weighted by molar-refractivity contribution is 7.89. The fourth-order valence-corrected chi connectivity index (χ4v) is 6.23. The number of ether oxygens (including phenoxy) is 2. The van der Waals surface area contributed by atoms with Crippen LogP contribution < -0.4 is 10.1 Å². The molecule has 2 aromatic rings. The highest BCUT2D eigenvalue weighted by Crippen LogP contribution is 2.25. The Morgan fingerprint density at radius 1 is 1.07 bits per heavy atom. The average molecular weight is 595 g/mol. The number of amides is 3. The van der Waals surface area contributed by atoms with Crippen LogP contribution in [0.25, 0.3) is 0 Å². The smallest absolute Gasteiger partial charge is 0.321 e. The second kappa shape index (κ2) is 15.2. The molecule has 12 heteroatoms. The first kappa shape index (κ1) is 31.7. The number of nitrogens with zero attached hydrogens (tertiary/aromatic N) is 3. The number of carbonyl (C=O) groups excluding carboxylic acids is 2. The van der Waals surface area contributed by atoms with Crippen LogP contribution >= 0.6 is 11.6 Å². The van der Waals surface area contributed by atoms with Crippen molar-refractivity contribution in [3.63, 3.8) is 0 Å². The Hall–Kier alpha value is -2.86. The van der Waals surface area contributed by atoms with E-state index >= 15 is 0 Å². The van der Waals surface area contributed by atoms with Gasteiger partial charge in [-0.15, -0.1) is 0 Å². The number of methoxy groups -OCH3 is 2. The lowest BCUT2D eigenvalue weighted by Crippen LogP contribution is -2.52. The summed E-state index contributed by atoms with van der Waals surface area (Å²) in [6, 6.07) is 14.0. The largest absolute Gasteiger partial charge is 0.495 e. The summed E-state index contributed by atoms with van der Waals surface area (Å²) < 4.78 is 37.5. The molecule has 0 radical (unpaired) electrons. The maximum Gasteiger partial charge on any atom is 0.321 e. The summed E-state index contributed by atoms with van der Waals surface area (Å²) in [6.45, 7) is 3.00. The van der Waals surface area contributed by atoms with Gasteiger partial charge in [-0.3, -0.25) is 4.79 Å². The van der Waals surface area contributed by atoms with Gasteiger partial charge in [0.15, 0.2) is 0 Å². The molecule has 1 N–H and O–H groups in total. The van der Waals surface area contributed by atoms with Gasteiger partial charge in [-0.05, 0) is 49.1 Å². The Kier molecular flexibility index (Phi) is 12.1. The predicted octanol–water partition coefficient (Wildman–Crippen LogP) is 4.06. The second-order valence-corrected chi connectivity index (χ2v) is 12.2. The number of piperidine rings is 1. The Bertz CT molecular complexity index is 1220. The van der Waals surface area contributed by atoms with Crippen LogP contribution in [0.4, 0.5) is 10.5 Å². The van der Waals surface area contributed by atoms with Gasteiger partial charge in [0.05, 0.1) is 31.7 Å². The number of urea groups is 1. The van der Waals surface area contributed by atoms with Crippen molar-refractivity contribution in [3.8, 4) is 5.75 Å². The number of nitrogens with one attached hydrogen (secondary N) is 1. The lowest BCUT2D eigenvalue weighted by atomic mass is 10.0. The SMILES string of the molecule is CCCS(=O)(=O)N(CCOC)CC(=O)N(Cc1ccc(Cl)cc1)C1CCN(C(=O)Nc2ccccc2OC)CC1. The zero-order chi connectivity index (χ0) is 29.1. The van der Waals surface area contributed by atoms with Gasteiger partial charge in [0, 0.05) is 44.4 Å². The average Bonchev–Trinajstić information content (AvgIpc) is 2.95. The van der Waals surface area contributed by atoms with Gasteiger partial charge in [0.2, 0.25) is 15.9 Å². The normalized spacial score (nSPS) is 14.3. The van der Waals surface area contributed by atoms with Crippen molar-refractivity contribution in [1.29, 1.82) is 0 Å². The molecule has 0 aromatic heterocycles. The van der Waals surface area contributed by atoms with Crippen LogP contribution in [0.1, 0.15) is 31.7 Å². The van der Waals surface area contributed by atoms with E-state index in [1.807, 2.05) is 24.3 Å². The number of hydrogen-bond donors (Lipinski definition) is 1. The summed E-state index contributed by atoms with van der Waals surface area (Å²) in [4.78, 5) is 30.1. The third-order valence-corrected chi connectivity index (χ3v) is 9.11. The number of hydrogen-bond acceptors (Lipinski definition) is 6. The van der Waals surface area contributed by atoms with E-state index in [0.717, 1.165) is 5.56 Å². The van der Waals surface area contributed by atoms with Gasteiger partial charge in [0.25, 0.3) is 0 Å². The van der Waals surface area contributed by atoms with E-state index in [1.165, 1.54) is 11.4 Å². The van der Waals surface area contributed by atoms with Crippen LogP contribution in [-0.2, 0) is 26.1 Å². The number of likely N-dealkylation sites (tertiary alicyclic amines) is 1. The molecular weight excluding hydrogens is 556 g/mol. The number of para-hydroxylation sites is 2. The number of halogens is 1. The topological polar surface area (TPSA) is 108 Å². The van der Waals surface area contributed by atoms with Gasteiger partial charge in [-0.25, -0.2) is 13.2 Å². The van der Waals surface area contributed by atoms with Crippen molar-refractivity contribution in [2.24, 2.45) is 0 Å². The van der Waals surface area contributed by atoms with Crippen LogP contribution in [-0.4, -0.2) is 93.3 Å². The zero-order valence-electron chi connectivity index (χ0n) is 23.3. The molecule has 0 atom stereocenters. The Labute approximate surface area is 242 Å². The first-order valence-electron chi connectivity index (χ1n) is 13.4. The van der Waals surface area contributed by atoms with Gasteiger partial charge < -0.3 is 24.6 Å². The van der Waals surface area contributed by atoms with Crippen molar-refractivity contribution in [1.82, 2.24) is 14.1 Å². The van der Waals surface area contributed by atoms with E-state index < -0.39 is 10.0 Å². The van der Waals surface area contributed by atoms with Crippen molar-refractivity contribution in [2.75, 3.05) is 58.1 Å². The molecule has 1 aliphatic rings. The van der Waals surface area contributed by atoms with Crippen LogP contribution in [0.2, 0.25) is 5.02 Å². The molecule has 220 valence electrons. The number of rotatable bonds is 13. The first-order chi connectivity index (χ1) is 19.2. The lowest BCUT2D eigenvalue weighted by molar-refractivity contribution is -0.135. The predicted molar refractivity (Wildman–Crippen MR) is 156 cm³/mol. The van der Waals surface area contributed by atoms with Gasteiger partial charge in [-0.1, -0.05) is 42.8 Å². The summed E-state index contributed by atoms with van der Waals surface area (Å²) in [6.07, 6.45) is 1.56. The summed E-state index contributed by atoms with van der Waals surface area (Å²) in [7, 11) is -0.576. The highest BCUT2D eigenvalue weighted by Gasteiger charge is 2.32. The Balaban J connectivity index is 1.74. The molecule has 0 aliphatic carbocycles. The second-order valence-electron chi connectivity index (χ2n) is 9.64. The van der Waals surface area contributed by atoms with Crippen LogP contribution in [0.3, 0.4) is 0 Å². The lowest BCUT2D eigenvalue weighted by Gasteiger charge is -2.39. The highest BCUT2D eigenvalue weighted by atomic mass is 35.5. The van der Waals surface area contributed by atoms with Crippen LogP contribution in [0, 0.1) is 0 Å². The maximum atomic E-state index is 13.7. The van der Waals surface area contributed by atoms with E-state index in [0.29, 0.717) is 55.4 Å². The van der Waals surface area contributed by atoms with Crippen molar-refractivity contribution < 1.29 is 27.5 Å². The molecule has 3 amide bonds. The van der Waals surface area contributed by atoms with E-state index in [2.05, 4.69) is 5.32 Å². The fourth-order valence-electron chi connectivity index (χ4n) is 4.67. The summed E-state index contributed by atoms with van der Waals surface area (Å²) in [5.74, 6) is 0.241. The van der Waals surface area contributed by atoms with Crippen molar-refractivity contribution in [2.45, 2.75) is 38.8 Å². The van der Waals surface area contributed by atoms with E-state index in [9.17, 15) is 18.0 Å². The molecule has 0 bridgehead atoms. The number of anilines is 1. The molecular formula is C28H39ClN4O6S. The molecule has 0 saturated carbocycles. The van der Waals surface area contributed by atoms with E-state index in [-0.39, 0.29) is 43.4 Å². The molecule has 2 aromatic carbocycles. The minimum absolute atomic E-state index is 0.0408. The molecule has 0 spiro atoms. The first-order valence-corrected chi connectivity index (χ1v) is 15.4. The molecule has 1 aliphatic heterocycles. The standard InChI is InChI=1S/C28H39ClN4O6S/c1-4-19-40(36,37)32(17-18-38-2)21-27(34)33(20-22-9-11-23(29)12-10-22)24-13-15-31(16-14-24)28(35)30-25-7-5-6-8-26(25)39-3/h5-12,24H,4,13-21H2,1-3H3,(H,30,35). The summed E-state index contributed by atoms with van der Waals surface area (Å²) >= 11 is 6.06. The molecule has 3 rings (SSSR count). The van der Waals surface area contributed by atoms with Crippen molar-refractivity contribution in [3.05, 3.63) is 59.1 Å². The Morgan fingerprint density at radius 3 is 2.38 bits per heavy atom. The number of benzene rings is 2. The quantitative estimate of drug-likeness (QED) is 0.375. The minimum Gasteiger partial charge on any atom is -0.495 e. The fraction of sp³-hybridized carbons (Fsp3) is 0.500. The molecule has 0 unspecified atom stereocenters. The van der Waals surface area contributed by atoms with Gasteiger partial charge in [-0.2, -0.15) is 4.31 Å². The summed E-state index contributed by atoms with van der Waals surface area (Å²) in [5.41, 5.74) is 1.47. The molecule has 40 heavy (non-hydrogen) atoms. The third-order valence-electron chi connectivity index (χ3n) is 6.84. The van der Waals surface area contributed by atoms with E-state index in [1.54, 1.807) is 48.1 Å². The number of sulfonamides is 1. The van der Waals surface area contributed by atoms with E-state index in [4.69, 9.17) is 21.1 Å². The van der Waals surface area contributed by atoms with Crippen molar-refractivity contribution >= 4 is 39.2 Å². The van der Waals surface area contributed by atoms with Gasteiger partial charge >= 0.3 is 6.03 Å². The summed E-state index contributed by atoms with van der Waals surface area (Å²) in [5, 5.41) is 3.49. The number of carbonyl (C=O) groups is 2. The molecule has 1 fully saturated rings. The van der Waals surface area contributed by atoms with Crippen LogP contribution in [0.5, 0.6) is 5.75 Å². The Morgan fingerprint density at radius 2 is 1.75 bits per heavy atom. The monoisotopic (exact) mass is 594 g/mol. The van der Waals surface area contributed by atoms with Gasteiger partial charge in [0.1, 0.15) is 5.75 Å². The minimum atomic E-state index is -3.62. The maximum absolute atomic E-state index is 13.7. The van der Waals surface area contributed by atoms with Crippen LogP contribution in [0.15, 0.2) is 48.5 Å². The third kappa shape index (κ3) is 8.82. The zero-order valence-corrected chi connectivity index (χ0v) is 24.9. The molecule has 1 saturated heterocycles. The molecule has 1 heterocycles.